The van der Waals surface area contributed by atoms with Crippen LogP contribution in [0, 0.1) is 5.92 Å². The Labute approximate surface area is 112 Å². The van der Waals surface area contributed by atoms with E-state index in [0.717, 1.165) is 5.56 Å². The minimum Gasteiger partial charge on any atom is -0.508 e. The fourth-order valence-corrected chi connectivity index (χ4v) is 2.21. The molecule has 5 nitrogen and oxygen atoms in total. The monoisotopic (exact) mass is 265 g/mol. The summed E-state index contributed by atoms with van der Waals surface area (Å²) in [5, 5.41) is 12.7. The molecule has 0 bridgehead atoms. The Morgan fingerprint density at radius 1 is 1.53 bits per heavy atom. The van der Waals surface area contributed by atoms with Crippen LogP contribution in [0.5, 0.6) is 11.5 Å². The zero-order valence-corrected chi connectivity index (χ0v) is 11.3. The molecule has 2 unspecified atom stereocenters. The standard InChI is InChI=1S/C14H19NO4/c1-8(2)13(14(17)18-3)15-11-7-19-12-6-9(16)4-5-10(11)12/h4-6,8,11,13,15-16H,7H2,1-3H3. The Morgan fingerprint density at radius 3 is 2.89 bits per heavy atom. The largest absolute Gasteiger partial charge is 0.508 e. The number of nitrogens with one attached hydrogen (secondary N) is 1. The number of phenolic OH excluding ortho intramolecular Hbond substituents is 1. The quantitative estimate of drug-likeness (QED) is 0.810. The van der Waals surface area contributed by atoms with Gasteiger partial charge in [-0.3, -0.25) is 10.1 Å². The molecule has 0 amide bonds. The van der Waals surface area contributed by atoms with Crippen LogP contribution in [-0.2, 0) is 9.53 Å². The Hall–Kier alpha value is -1.75. The topological polar surface area (TPSA) is 67.8 Å². The van der Waals surface area contributed by atoms with Crippen molar-refractivity contribution in [3.05, 3.63) is 23.8 Å². The third kappa shape index (κ3) is 2.81. The van der Waals surface area contributed by atoms with Crippen LogP contribution in [0.1, 0.15) is 25.5 Å². The van der Waals surface area contributed by atoms with Gasteiger partial charge in [-0.2, -0.15) is 0 Å². The van der Waals surface area contributed by atoms with Crippen LogP contribution in [0.3, 0.4) is 0 Å². The second-order valence-electron chi connectivity index (χ2n) is 5.00. The van der Waals surface area contributed by atoms with Crippen molar-refractivity contribution in [2.75, 3.05) is 13.7 Å². The summed E-state index contributed by atoms with van der Waals surface area (Å²) in [6.07, 6.45) is 0. The smallest absolute Gasteiger partial charge is 0.323 e. The lowest BCUT2D eigenvalue weighted by Crippen LogP contribution is -2.44. The van der Waals surface area contributed by atoms with Crippen molar-refractivity contribution in [3.8, 4) is 11.5 Å². The zero-order chi connectivity index (χ0) is 14.0. The van der Waals surface area contributed by atoms with Crippen LogP contribution >= 0.6 is 0 Å². The molecule has 0 aliphatic carbocycles. The molecule has 19 heavy (non-hydrogen) atoms. The Kier molecular flexibility index (Phi) is 3.95. The van der Waals surface area contributed by atoms with E-state index in [-0.39, 0.29) is 29.7 Å². The van der Waals surface area contributed by atoms with E-state index in [2.05, 4.69) is 5.32 Å². The van der Waals surface area contributed by atoms with Gasteiger partial charge in [0.05, 0.1) is 13.2 Å². The third-order valence-electron chi connectivity index (χ3n) is 3.28. The van der Waals surface area contributed by atoms with Gasteiger partial charge >= 0.3 is 5.97 Å². The Balaban J connectivity index is 2.15. The summed E-state index contributed by atoms with van der Waals surface area (Å²) in [7, 11) is 1.39. The van der Waals surface area contributed by atoms with E-state index in [4.69, 9.17) is 9.47 Å². The zero-order valence-electron chi connectivity index (χ0n) is 11.3. The second-order valence-corrected chi connectivity index (χ2v) is 5.00. The molecule has 104 valence electrons. The molecule has 2 N–H and O–H groups in total. The molecule has 1 aromatic rings. The van der Waals surface area contributed by atoms with Gasteiger partial charge in [0.2, 0.25) is 0 Å². The number of carbonyl (C=O) groups is 1. The van der Waals surface area contributed by atoms with Crippen molar-refractivity contribution in [2.24, 2.45) is 5.92 Å². The molecule has 2 atom stereocenters. The minimum absolute atomic E-state index is 0.0675. The molecule has 1 aromatic carbocycles. The summed E-state index contributed by atoms with van der Waals surface area (Å²) in [5.41, 5.74) is 0.951. The van der Waals surface area contributed by atoms with Gasteiger partial charge in [-0.15, -0.1) is 0 Å². The van der Waals surface area contributed by atoms with Crippen molar-refractivity contribution in [1.29, 1.82) is 0 Å². The van der Waals surface area contributed by atoms with Crippen LogP contribution < -0.4 is 10.1 Å². The summed E-state index contributed by atoms with van der Waals surface area (Å²) in [6, 6.07) is 4.56. The number of aromatic hydroxyl groups is 1. The maximum Gasteiger partial charge on any atom is 0.323 e. The van der Waals surface area contributed by atoms with Gasteiger partial charge in [-0.1, -0.05) is 13.8 Å². The van der Waals surface area contributed by atoms with Gasteiger partial charge in [-0.25, -0.2) is 0 Å². The number of carbonyl (C=O) groups excluding carboxylic acids is 1. The molecule has 0 saturated heterocycles. The Morgan fingerprint density at radius 2 is 2.26 bits per heavy atom. The number of phenols is 1. The predicted molar refractivity (Wildman–Crippen MR) is 70.1 cm³/mol. The molecular formula is C14H19NO4. The van der Waals surface area contributed by atoms with Gasteiger partial charge in [0.25, 0.3) is 0 Å². The first kappa shape index (κ1) is 13.7. The molecule has 1 aliphatic heterocycles. The number of hydrogen-bond acceptors (Lipinski definition) is 5. The molecule has 0 fully saturated rings. The second kappa shape index (κ2) is 5.48. The first-order valence-corrected chi connectivity index (χ1v) is 6.32. The summed E-state index contributed by atoms with van der Waals surface area (Å²) in [6.45, 7) is 4.36. The number of hydrogen-bond donors (Lipinski definition) is 2. The first-order valence-electron chi connectivity index (χ1n) is 6.32. The lowest BCUT2D eigenvalue weighted by Gasteiger charge is -2.23. The van der Waals surface area contributed by atoms with Gasteiger partial charge in [0.1, 0.15) is 24.1 Å². The number of methoxy groups -OCH3 is 1. The van der Waals surface area contributed by atoms with Crippen molar-refractivity contribution in [2.45, 2.75) is 25.9 Å². The molecule has 2 rings (SSSR count). The fourth-order valence-electron chi connectivity index (χ4n) is 2.21. The van der Waals surface area contributed by atoms with Gasteiger partial charge < -0.3 is 14.6 Å². The molecule has 5 heteroatoms. The van der Waals surface area contributed by atoms with Crippen molar-refractivity contribution >= 4 is 5.97 Å². The van der Waals surface area contributed by atoms with Crippen molar-refractivity contribution in [3.63, 3.8) is 0 Å². The molecule has 0 spiro atoms. The van der Waals surface area contributed by atoms with Crippen LogP contribution in [0.4, 0.5) is 0 Å². The van der Waals surface area contributed by atoms with Crippen molar-refractivity contribution < 1.29 is 19.4 Å². The van der Waals surface area contributed by atoms with Crippen molar-refractivity contribution in [1.82, 2.24) is 5.32 Å². The minimum atomic E-state index is -0.377. The van der Waals surface area contributed by atoms with Crippen LogP contribution in [-0.4, -0.2) is 30.8 Å². The fraction of sp³-hybridized carbons (Fsp3) is 0.500. The number of fused-ring (bicyclic) bond motifs is 1. The van der Waals surface area contributed by atoms with E-state index in [1.54, 1.807) is 12.1 Å². The average molecular weight is 265 g/mol. The van der Waals surface area contributed by atoms with E-state index in [1.165, 1.54) is 7.11 Å². The molecule has 1 heterocycles. The van der Waals surface area contributed by atoms with Gasteiger partial charge in [0.15, 0.2) is 0 Å². The Bertz CT molecular complexity index is 473. The van der Waals surface area contributed by atoms with E-state index in [1.807, 2.05) is 19.9 Å². The SMILES string of the molecule is COC(=O)C(NC1COc2cc(O)ccc21)C(C)C. The maximum absolute atomic E-state index is 11.7. The maximum atomic E-state index is 11.7. The lowest BCUT2D eigenvalue weighted by molar-refractivity contribution is -0.144. The highest BCUT2D eigenvalue weighted by Gasteiger charge is 2.31. The summed E-state index contributed by atoms with van der Waals surface area (Å²) < 4.78 is 10.3. The molecule has 0 saturated carbocycles. The van der Waals surface area contributed by atoms with E-state index >= 15 is 0 Å². The first-order chi connectivity index (χ1) is 9.02. The number of benzene rings is 1. The molecule has 1 aliphatic rings. The van der Waals surface area contributed by atoms with E-state index in [0.29, 0.717) is 12.4 Å². The lowest BCUT2D eigenvalue weighted by atomic mass is 10.0. The third-order valence-corrected chi connectivity index (χ3v) is 3.28. The number of esters is 1. The summed E-state index contributed by atoms with van der Waals surface area (Å²) >= 11 is 0. The van der Waals surface area contributed by atoms with Crippen LogP contribution in [0.2, 0.25) is 0 Å². The van der Waals surface area contributed by atoms with E-state index < -0.39 is 0 Å². The number of rotatable bonds is 4. The average Bonchev–Trinajstić information content (AvgIpc) is 2.76. The summed E-state index contributed by atoms with van der Waals surface area (Å²) in [4.78, 5) is 11.7. The number of ether oxygens (including phenoxy) is 2. The normalized spacial score (nSPS) is 18.8. The summed E-state index contributed by atoms with van der Waals surface area (Å²) in [5.74, 6) is 0.675. The van der Waals surface area contributed by atoms with Gasteiger partial charge in [0, 0.05) is 11.6 Å². The highest BCUT2D eigenvalue weighted by molar-refractivity contribution is 5.76. The highest BCUT2D eigenvalue weighted by Crippen LogP contribution is 2.35. The molecule has 0 radical (unpaired) electrons. The molecular weight excluding hydrogens is 246 g/mol. The van der Waals surface area contributed by atoms with Gasteiger partial charge in [-0.05, 0) is 18.1 Å². The highest BCUT2D eigenvalue weighted by atomic mass is 16.5. The predicted octanol–water partition coefficient (Wildman–Crippen LogP) is 1.61. The van der Waals surface area contributed by atoms with Crippen LogP contribution in [0.15, 0.2) is 18.2 Å². The van der Waals surface area contributed by atoms with Crippen LogP contribution in [0.25, 0.3) is 0 Å². The molecule has 0 aromatic heterocycles. The van der Waals surface area contributed by atoms with E-state index in [9.17, 15) is 9.90 Å².